The SMILES string of the molecule is Cc1cccc(C)c1CC(=O)c1ccsc1. The van der Waals surface area contributed by atoms with Crippen LogP contribution in [0.1, 0.15) is 27.0 Å². The molecular formula is C14H14OS. The third-order valence-electron chi connectivity index (χ3n) is 2.82. The summed E-state index contributed by atoms with van der Waals surface area (Å²) >= 11 is 1.57. The first kappa shape index (κ1) is 11.1. The van der Waals surface area contributed by atoms with Crippen LogP contribution in [0.4, 0.5) is 0 Å². The van der Waals surface area contributed by atoms with E-state index in [2.05, 4.69) is 26.0 Å². The van der Waals surface area contributed by atoms with E-state index in [9.17, 15) is 4.79 Å². The van der Waals surface area contributed by atoms with Gasteiger partial charge in [0, 0.05) is 17.4 Å². The van der Waals surface area contributed by atoms with E-state index < -0.39 is 0 Å². The Morgan fingerprint density at radius 2 is 1.88 bits per heavy atom. The van der Waals surface area contributed by atoms with Crippen LogP contribution in [0.2, 0.25) is 0 Å². The van der Waals surface area contributed by atoms with Crippen LogP contribution in [-0.2, 0) is 6.42 Å². The molecule has 0 aliphatic rings. The lowest BCUT2D eigenvalue weighted by molar-refractivity contribution is 0.0993. The summed E-state index contributed by atoms with van der Waals surface area (Å²) in [7, 11) is 0. The molecule has 0 spiro atoms. The summed E-state index contributed by atoms with van der Waals surface area (Å²) < 4.78 is 0. The monoisotopic (exact) mass is 230 g/mol. The summed E-state index contributed by atoms with van der Waals surface area (Å²) in [6.45, 7) is 4.12. The molecule has 0 N–H and O–H groups in total. The Kier molecular flexibility index (Phi) is 3.20. The lowest BCUT2D eigenvalue weighted by Crippen LogP contribution is -2.05. The van der Waals surface area contributed by atoms with Crippen molar-refractivity contribution in [3.63, 3.8) is 0 Å². The van der Waals surface area contributed by atoms with E-state index in [0.717, 1.165) is 5.56 Å². The standard InChI is InChI=1S/C14H14OS/c1-10-4-3-5-11(2)13(10)8-14(15)12-6-7-16-9-12/h3-7,9H,8H2,1-2H3. The fourth-order valence-electron chi connectivity index (χ4n) is 1.81. The summed E-state index contributed by atoms with van der Waals surface area (Å²) in [5.74, 6) is 0.207. The molecular weight excluding hydrogens is 216 g/mol. The van der Waals surface area contributed by atoms with Crippen LogP contribution in [0, 0.1) is 13.8 Å². The number of benzene rings is 1. The van der Waals surface area contributed by atoms with E-state index in [-0.39, 0.29) is 5.78 Å². The molecule has 0 atom stereocenters. The van der Waals surface area contributed by atoms with Crippen LogP contribution < -0.4 is 0 Å². The first-order valence-corrected chi connectivity index (χ1v) is 6.23. The van der Waals surface area contributed by atoms with E-state index in [1.54, 1.807) is 11.3 Å². The molecule has 0 bridgehead atoms. The quantitative estimate of drug-likeness (QED) is 0.733. The number of carbonyl (C=O) groups excluding carboxylic acids is 1. The number of ketones is 1. The third kappa shape index (κ3) is 2.22. The maximum absolute atomic E-state index is 12.0. The fourth-order valence-corrected chi connectivity index (χ4v) is 2.47. The van der Waals surface area contributed by atoms with Crippen molar-refractivity contribution < 1.29 is 4.79 Å². The van der Waals surface area contributed by atoms with Gasteiger partial charge in [-0.3, -0.25) is 4.79 Å². The van der Waals surface area contributed by atoms with Crippen molar-refractivity contribution >= 4 is 17.1 Å². The number of rotatable bonds is 3. The molecule has 1 heterocycles. The highest BCUT2D eigenvalue weighted by molar-refractivity contribution is 7.08. The molecule has 0 saturated carbocycles. The molecule has 2 aromatic rings. The molecule has 1 aromatic heterocycles. The molecule has 0 saturated heterocycles. The highest BCUT2D eigenvalue weighted by atomic mass is 32.1. The van der Waals surface area contributed by atoms with Gasteiger partial charge in [-0.15, -0.1) is 0 Å². The zero-order valence-electron chi connectivity index (χ0n) is 9.49. The van der Waals surface area contributed by atoms with Gasteiger partial charge in [0.05, 0.1) is 0 Å². The summed E-state index contributed by atoms with van der Waals surface area (Å²) in [6.07, 6.45) is 0.509. The highest BCUT2D eigenvalue weighted by Crippen LogP contribution is 2.17. The minimum absolute atomic E-state index is 0.207. The largest absolute Gasteiger partial charge is 0.294 e. The topological polar surface area (TPSA) is 17.1 Å². The lowest BCUT2D eigenvalue weighted by Gasteiger charge is -2.07. The molecule has 2 rings (SSSR count). The molecule has 1 nitrogen and oxygen atoms in total. The van der Waals surface area contributed by atoms with Crippen LogP contribution in [0.3, 0.4) is 0 Å². The van der Waals surface area contributed by atoms with Gasteiger partial charge in [-0.05, 0) is 42.0 Å². The predicted octanol–water partition coefficient (Wildman–Crippen LogP) is 3.79. The molecule has 2 heteroatoms. The number of Topliss-reactive ketones (excluding diaryl/α,β-unsaturated/α-hetero) is 1. The Morgan fingerprint density at radius 3 is 2.44 bits per heavy atom. The van der Waals surface area contributed by atoms with Gasteiger partial charge in [0.2, 0.25) is 0 Å². The van der Waals surface area contributed by atoms with Crippen LogP contribution >= 0.6 is 11.3 Å². The van der Waals surface area contributed by atoms with E-state index >= 15 is 0 Å². The van der Waals surface area contributed by atoms with Gasteiger partial charge in [-0.1, -0.05) is 18.2 Å². The van der Waals surface area contributed by atoms with Crippen LogP contribution in [0.5, 0.6) is 0 Å². The lowest BCUT2D eigenvalue weighted by atomic mass is 9.96. The first-order chi connectivity index (χ1) is 7.68. The van der Waals surface area contributed by atoms with E-state index in [4.69, 9.17) is 0 Å². The summed E-state index contributed by atoms with van der Waals surface area (Å²) in [5, 5.41) is 3.86. The van der Waals surface area contributed by atoms with Gasteiger partial charge >= 0.3 is 0 Å². The van der Waals surface area contributed by atoms with Gasteiger partial charge in [0.1, 0.15) is 0 Å². The molecule has 0 unspecified atom stereocenters. The minimum atomic E-state index is 0.207. The highest BCUT2D eigenvalue weighted by Gasteiger charge is 2.10. The second-order valence-electron chi connectivity index (χ2n) is 3.98. The Bertz CT molecular complexity index is 477. The molecule has 0 amide bonds. The Morgan fingerprint density at radius 1 is 1.19 bits per heavy atom. The molecule has 1 aromatic carbocycles. The molecule has 16 heavy (non-hydrogen) atoms. The zero-order valence-corrected chi connectivity index (χ0v) is 10.3. The van der Waals surface area contributed by atoms with E-state index in [0.29, 0.717) is 6.42 Å². The zero-order chi connectivity index (χ0) is 11.5. The van der Waals surface area contributed by atoms with Crippen molar-refractivity contribution in [2.75, 3.05) is 0 Å². The number of aryl methyl sites for hydroxylation is 2. The third-order valence-corrected chi connectivity index (χ3v) is 3.51. The van der Waals surface area contributed by atoms with Crippen LogP contribution in [0.25, 0.3) is 0 Å². The van der Waals surface area contributed by atoms with Crippen molar-refractivity contribution in [2.45, 2.75) is 20.3 Å². The van der Waals surface area contributed by atoms with Gasteiger partial charge in [0.25, 0.3) is 0 Å². The second kappa shape index (κ2) is 4.62. The molecule has 0 radical (unpaired) electrons. The van der Waals surface area contributed by atoms with Crippen molar-refractivity contribution in [1.29, 1.82) is 0 Å². The van der Waals surface area contributed by atoms with Gasteiger partial charge < -0.3 is 0 Å². The summed E-state index contributed by atoms with van der Waals surface area (Å²) in [4.78, 5) is 12.0. The summed E-state index contributed by atoms with van der Waals surface area (Å²) in [6, 6.07) is 8.04. The average Bonchev–Trinajstić information content (AvgIpc) is 2.76. The number of carbonyl (C=O) groups is 1. The number of thiophene rings is 1. The van der Waals surface area contributed by atoms with Crippen molar-refractivity contribution in [3.05, 3.63) is 57.3 Å². The maximum Gasteiger partial charge on any atom is 0.168 e. The smallest absolute Gasteiger partial charge is 0.168 e. The number of hydrogen-bond donors (Lipinski definition) is 0. The molecule has 0 aliphatic heterocycles. The molecule has 0 aliphatic carbocycles. The van der Waals surface area contributed by atoms with Crippen LogP contribution in [-0.4, -0.2) is 5.78 Å². The average molecular weight is 230 g/mol. The number of hydrogen-bond acceptors (Lipinski definition) is 2. The normalized spacial score (nSPS) is 10.4. The Labute approximate surface area is 99.8 Å². The molecule has 0 fully saturated rings. The van der Waals surface area contributed by atoms with Crippen LogP contribution in [0.15, 0.2) is 35.0 Å². The van der Waals surface area contributed by atoms with Crippen molar-refractivity contribution in [3.8, 4) is 0 Å². The van der Waals surface area contributed by atoms with Gasteiger partial charge in [-0.25, -0.2) is 0 Å². The second-order valence-corrected chi connectivity index (χ2v) is 4.76. The first-order valence-electron chi connectivity index (χ1n) is 5.29. The molecule has 82 valence electrons. The van der Waals surface area contributed by atoms with Crippen molar-refractivity contribution in [1.82, 2.24) is 0 Å². The minimum Gasteiger partial charge on any atom is -0.294 e. The summed E-state index contributed by atoms with van der Waals surface area (Å²) in [5.41, 5.74) is 4.39. The van der Waals surface area contributed by atoms with E-state index in [1.807, 2.05) is 22.9 Å². The van der Waals surface area contributed by atoms with Crippen molar-refractivity contribution in [2.24, 2.45) is 0 Å². The van der Waals surface area contributed by atoms with Gasteiger partial charge in [0.15, 0.2) is 5.78 Å². The predicted molar refractivity (Wildman–Crippen MR) is 68.3 cm³/mol. The van der Waals surface area contributed by atoms with Gasteiger partial charge in [-0.2, -0.15) is 11.3 Å². The Hall–Kier alpha value is -1.41. The van der Waals surface area contributed by atoms with E-state index in [1.165, 1.54) is 16.7 Å². The maximum atomic E-state index is 12.0. The Balaban J connectivity index is 2.25. The fraction of sp³-hybridized carbons (Fsp3) is 0.214.